The van der Waals surface area contributed by atoms with E-state index in [4.69, 9.17) is 0 Å². The molecule has 8 heteroatoms. The molecule has 21 heavy (non-hydrogen) atoms. The van der Waals surface area contributed by atoms with E-state index >= 15 is 0 Å². The Balaban J connectivity index is 2.36. The molecule has 0 aliphatic carbocycles. The van der Waals surface area contributed by atoms with Crippen LogP contribution in [0.1, 0.15) is 10.5 Å². The first-order valence-electron chi connectivity index (χ1n) is 5.76. The predicted molar refractivity (Wildman–Crippen MR) is 71.8 cm³/mol. The molecule has 0 saturated carbocycles. The molecule has 1 aromatic heterocycles. The van der Waals surface area contributed by atoms with Gasteiger partial charge in [-0.1, -0.05) is 18.2 Å². The monoisotopic (exact) mass is 312 g/mol. The Morgan fingerprint density at radius 3 is 2.38 bits per heavy atom. The van der Waals surface area contributed by atoms with Crippen LogP contribution in [0.25, 0.3) is 0 Å². The van der Waals surface area contributed by atoms with Crippen LogP contribution in [-0.4, -0.2) is 25.1 Å². The molecule has 1 heterocycles. The lowest BCUT2D eigenvalue weighted by Gasteiger charge is -2.10. The summed E-state index contributed by atoms with van der Waals surface area (Å²) in [5, 5.41) is 2.27. The van der Waals surface area contributed by atoms with Crippen LogP contribution in [-0.2, 0) is 9.84 Å². The molecule has 5 nitrogen and oxygen atoms in total. The van der Waals surface area contributed by atoms with Crippen molar-refractivity contribution < 1.29 is 22.0 Å². The van der Waals surface area contributed by atoms with E-state index in [-0.39, 0.29) is 11.4 Å². The zero-order valence-corrected chi connectivity index (χ0v) is 11.3. The molecular formula is C13H10F2N2O3S. The maximum atomic E-state index is 12.6. The Kier molecular flexibility index (Phi) is 4.27. The number of hydrogen-bond donors (Lipinski definition) is 1. The highest BCUT2D eigenvalue weighted by atomic mass is 32.2. The molecule has 1 N–H and O–H groups in total. The number of aromatic nitrogens is 1. The number of nitrogens with zero attached hydrogens (tertiary/aromatic N) is 1. The first-order chi connectivity index (χ1) is 9.93. The zero-order chi connectivity index (χ0) is 15.5. The van der Waals surface area contributed by atoms with Crippen molar-refractivity contribution in [2.45, 2.75) is 10.7 Å². The second kappa shape index (κ2) is 5.96. The van der Waals surface area contributed by atoms with Crippen molar-refractivity contribution in [2.24, 2.45) is 0 Å². The molecule has 110 valence electrons. The van der Waals surface area contributed by atoms with E-state index in [0.717, 1.165) is 6.07 Å². The Morgan fingerprint density at radius 2 is 1.76 bits per heavy atom. The van der Waals surface area contributed by atoms with Gasteiger partial charge in [-0.15, -0.1) is 0 Å². The van der Waals surface area contributed by atoms with Gasteiger partial charge in [0.25, 0.3) is 5.91 Å². The third kappa shape index (κ3) is 3.22. The van der Waals surface area contributed by atoms with Gasteiger partial charge in [0.05, 0.1) is 10.6 Å². The quantitative estimate of drug-likeness (QED) is 0.940. The lowest BCUT2D eigenvalue weighted by Crippen LogP contribution is -2.18. The van der Waals surface area contributed by atoms with Gasteiger partial charge in [-0.3, -0.25) is 9.78 Å². The second-order valence-electron chi connectivity index (χ2n) is 3.97. The van der Waals surface area contributed by atoms with E-state index in [1.165, 1.54) is 30.5 Å². The van der Waals surface area contributed by atoms with Gasteiger partial charge in [-0.2, -0.15) is 8.78 Å². The number of rotatable bonds is 4. The summed E-state index contributed by atoms with van der Waals surface area (Å²) < 4.78 is 48.4. The van der Waals surface area contributed by atoms with E-state index in [0.29, 0.717) is 0 Å². The number of alkyl halides is 2. The first-order valence-corrected chi connectivity index (χ1v) is 7.31. The van der Waals surface area contributed by atoms with Gasteiger partial charge in [0, 0.05) is 6.20 Å². The maximum absolute atomic E-state index is 12.6. The summed E-state index contributed by atoms with van der Waals surface area (Å²) in [5.41, 5.74) is -0.171. The molecule has 1 amide bonds. The maximum Gasteiger partial charge on any atom is 0.341 e. The minimum Gasteiger partial charge on any atom is -0.319 e. The minimum atomic E-state index is -4.80. The summed E-state index contributed by atoms with van der Waals surface area (Å²) in [6.07, 6.45) is 1.39. The average Bonchev–Trinajstić information content (AvgIpc) is 2.48. The summed E-state index contributed by atoms with van der Waals surface area (Å²) in [7, 11) is -4.80. The number of sulfone groups is 1. The van der Waals surface area contributed by atoms with Crippen molar-refractivity contribution in [3.8, 4) is 0 Å². The van der Waals surface area contributed by atoms with Crippen LogP contribution >= 0.6 is 0 Å². The van der Waals surface area contributed by atoms with E-state index in [1.807, 2.05) is 0 Å². The summed E-state index contributed by atoms with van der Waals surface area (Å²) in [6, 6.07) is 9.56. The fourth-order valence-electron chi connectivity index (χ4n) is 1.60. The van der Waals surface area contributed by atoms with Crippen LogP contribution in [0.15, 0.2) is 53.6 Å². The van der Waals surface area contributed by atoms with Crippen LogP contribution in [0.4, 0.5) is 14.5 Å². The standard InChI is InChI=1S/C13H10F2N2O3S/c14-13(15)21(19,20)11-7-2-1-5-9(11)17-12(18)10-6-3-4-8-16-10/h1-8,13H,(H,17,18). The fraction of sp³-hybridized carbons (Fsp3) is 0.0769. The summed E-state index contributed by atoms with van der Waals surface area (Å²) in [4.78, 5) is 15.1. The van der Waals surface area contributed by atoms with E-state index in [9.17, 15) is 22.0 Å². The molecule has 0 radical (unpaired) electrons. The zero-order valence-electron chi connectivity index (χ0n) is 10.5. The highest BCUT2D eigenvalue weighted by molar-refractivity contribution is 7.91. The number of para-hydroxylation sites is 1. The summed E-state index contributed by atoms with van der Waals surface area (Å²) in [5.74, 6) is -4.25. The molecule has 0 spiro atoms. The number of benzene rings is 1. The van der Waals surface area contributed by atoms with Crippen LogP contribution in [0, 0.1) is 0 Å². The highest BCUT2D eigenvalue weighted by Crippen LogP contribution is 2.26. The SMILES string of the molecule is O=C(Nc1ccccc1S(=O)(=O)C(F)F)c1ccccn1. The van der Waals surface area contributed by atoms with Gasteiger partial charge in [-0.25, -0.2) is 8.42 Å². The van der Waals surface area contributed by atoms with Crippen LogP contribution in [0.5, 0.6) is 0 Å². The third-order valence-electron chi connectivity index (χ3n) is 2.57. The summed E-state index contributed by atoms with van der Waals surface area (Å²) in [6.45, 7) is 0. The van der Waals surface area contributed by atoms with E-state index in [2.05, 4.69) is 10.3 Å². The minimum absolute atomic E-state index is 0.0433. The molecule has 0 aliphatic heterocycles. The number of halogens is 2. The molecule has 0 atom stereocenters. The van der Waals surface area contributed by atoms with Gasteiger partial charge < -0.3 is 5.32 Å². The van der Waals surface area contributed by atoms with Crippen molar-refractivity contribution in [3.63, 3.8) is 0 Å². The number of anilines is 1. The van der Waals surface area contributed by atoms with Crippen LogP contribution in [0.3, 0.4) is 0 Å². The Labute approximate surface area is 119 Å². The molecule has 0 bridgehead atoms. The van der Waals surface area contributed by atoms with E-state index < -0.39 is 26.4 Å². The van der Waals surface area contributed by atoms with Gasteiger partial charge in [0.15, 0.2) is 0 Å². The lowest BCUT2D eigenvalue weighted by atomic mass is 10.3. The van der Waals surface area contributed by atoms with Crippen molar-refractivity contribution in [2.75, 3.05) is 5.32 Å². The predicted octanol–water partition coefficient (Wildman–Crippen LogP) is 2.33. The van der Waals surface area contributed by atoms with Crippen molar-refractivity contribution in [1.82, 2.24) is 4.98 Å². The third-order valence-corrected chi connectivity index (χ3v) is 4.01. The van der Waals surface area contributed by atoms with Crippen molar-refractivity contribution in [3.05, 3.63) is 54.4 Å². The Hall–Kier alpha value is -2.35. The molecule has 0 aliphatic rings. The van der Waals surface area contributed by atoms with Crippen LogP contribution in [0.2, 0.25) is 0 Å². The van der Waals surface area contributed by atoms with Gasteiger partial charge in [0.2, 0.25) is 9.84 Å². The number of pyridine rings is 1. The molecular weight excluding hydrogens is 302 g/mol. The van der Waals surface area contributed by atoms with E-state index in [1.54, 1.807) is 12.1 Å². The number of nitrogens with one attached hydrogen (secondary N) is 1. The number of carbonyl (C=O) groups is 1. The average molecular weight is 312 g/mol. The normalized spacial score (nSPS) is 11.4. The van der Waals surface area contributed by atoms with Gasteiger partial charge in [-0.05, 0) is 24.3 Å². The van der Waals surface area contributed by atoms with Gasteiger partial charge >= 0.3 is 5.76 Å². The topological polar surface area (TPSA) is 76.1 Å². The number of carbonyl (C=O) groups excluding carboxylic acids is 1. The smallest absolute Gasteiger partial charge is 0.319 e. The van der Waals surface area contributed by atoms with Crippen molar-refractivity contribution >= 4 is 21.4 Å². The molecule has 0 unspecified atom stereocenters. The largest absolute Gasteiger partial charge is 0.341 e. The summed E-state index contributed by atoms with van der Waals surface area (Å²) >= 11 is 0. The number of amides is 1. The van der Waals surface area contributed by atoms with Crippen LogP contribution < -0.4 is 5.32 Å². The van der Waals surface area contributed by atoms with Crippen molar-refractivity contribution in [1.29, 1.82) is 0 Å². The molecule has 2 aromatic rings. The second-order valence-corrected chi connectivity index (χ2v) is 5.86. The molecule has 1 aromatic carbocycles. The van der Waals surface area contributed by atoms with Gasteiger partial charge in [0.1, 0.15) is 5.69 Å². The Morgan fingerprint density at radius 1 is 1.10 bits per heavy atom. The number of hydrogen-bond acceptors (Lipinski definition) is 4. The highest BCUT2D eigenvalue weighted by Gasteiger charge is 2.29. The molecule has 2 rings (SSSR count). The lowest BCUT2D eigenvalue weighted by molar-refractivity contribution is 0.102. The molecule has 0 fully saturated rings. The molecule has 0 saturated heterocycles. The fourth-order valence-corrected chi connectivity index (χ4v) is 2.48. The first kappa shape index (κ1) is 15.0. The Bertz CT molecular complexity index is 749.